The van der Waals surface area contributed by atoms with Crippen LogP contribution in [0.3, 0.4) is 0 Å². The van der Waals surface area contributed by atoms with Crippen LogP contribution < -0.4 is 0 Å². The first kappa shape index (κ1) is 12.0. The van der Waals surface area contributed by atoms with Crippen LogP contribution in [0.2, 0.25) is 0 Å². The van der Waals surface area contributed by atoms with Crippen LogP contribution in [0.25, 0.3) is 0 Å². The second-order valence-corrected chi connectivity index (χ2v) is 7.57. The Morgan fingerprint density at radius 2 is 1.71 bits per heavy atom. The van der Waals surface area contributed by atoms with E-state index in [0.717, 1.165) is 31.1 Å². The molecule has 0 aromatic heterocycles. The number of rotatable bonds is 3. The van der Waals surface area contributed by atoms with Gasteiger partial charge in [0.25, 0.3) is 0 Å². The van der Waals surface area contributed by atoms with Crippen LogP contribution in [0.1, 0.15) is 52.4 Å². The smallest absolute Gasteiger partial charge is 0.0488 e. The van der Waals surface area contributed by atoms with Crippen molar-refractivity contribution in [2.45, 2.75) is 52.4 Å². The lowest BCUT2D eigenvalue weighted by molar-refractivity contribution is -0.175. The van der Waals surface area contributed by atoms with E-state index in [9.17, 15) is 10.2 Å². The lowest BCUT2D eigenvalue weighted by atomic mass is 9.40. The first-order valence-electron chi connectivity index (χ1n) is 7.21. The zero-order valence-electron chi connectivity index (χ0n) is 11.2. The predicted molar refractivity (Wildman–Crippen MR) is 67.5 cm³/mol. The van der Waals surface area contributed by atoms with Crippen LogP contribution in [0.5, 0.6) is 0 Å². The van der Waals surface area contributed by atoms with E-state index in [1.54, 1.807) is 0 Å². The topological polar surface area (TPSA) is 40.5 Å². The van der Waals surface area contributed by atoms with Gasteiger partial charge in [0.1, 0.15) is 0 Å². The molecule has 0 amide bonds. The summed E-state index contributed by atoms with van der Waals surface area (Å²) in [6, 6.07) is 0. The van der Waals surface area contributed by atoms with Gasteiger partial charge in [-0.1, -0.05) is 13.8 Å². The lowest BCUT2D eigenvalue weighted by Gasteiger charge is -2.64. The van der Waals surface area contributed by atoms with Gasteiger partial charge in [0.2, 0.25) is 0 Å². The molecule has 0 aromatic rings. The van der Waals surface area contributed by atoms with Crippen molar-refractivity contribution in [3.8, 4) is 0 Å². The number of aliphatic hydroxyl groups is 2. The molecule has 2 atom stereocenters. The third-order valence-electron chi connectivity index (χ3n) is 6.88. The summed E-state index contributed by atoms with van der Waals surface area (Å²) in [6.45, 7) is 5.40. The van der Waals surface area contributed by atoms with Gasteiger partial charge in [-0.15, -0.1) is 0 Å². The fraction of sp³-hybridized carbons (Fsp3) is 1.00. The molecule has 2 bridgehead atoms. The van der Waals surface area contributed by atoms with Crippen molar-refractivity contribution < 1.29 is 10.2 Å². The Bertz CT molecular complexity index is 315. The molecule has 3 fully saturated rings. The Morgan fingerprint density at radius 1 is 1.06 bits per heavy atom. The summed E-state index contributed by atoms with van der Waals surface area (Å²) in [7, 11) is 0. The lowest BCUT2D eigenvalue weighted by Crippen LogP contribution is -2.58. The quantitative estimate of drug-likeness (QED) is 0.793. The molecule has 3 rings (SSSR count). The number of hydrogen-bond acceptors (Lipinski definition) is 2. The van der Waals surface area contributed by atoms with Crippen LogP contribution in [-0.4, -0.2) is 23.4 Å². The average molecular weight is 238 g/mol. The van der Waals surface area contributed by atoms with E-state index in [2.05, 4.69) is 13.8 Å². The standard InChI is InChI=1S/C15H26O2/c1-13(2)11-3-4-12(7-11)15(13)8-14(9-15,10-17)5-6-16/h11-12,16-17H,3-10H2,1-2H3. The fourth-order valence-electron chi connectivity index (χ4n) is 5.71. The molecule has 3 aliphatic carbocycles. The molecule has 3 aliphatic rings. The molecule has 2 heteroatoms. The minimum Gasteiger partial charge on any atom is -0.396 e. The van der Waals surface area contributed by atoms with Crippen LogP contribution >= 0.6 is 0 Å². The molecule has 2 N–H and O–H groups in total. The third-order valence-corrected chi connectivity index (χ3v) is 6.88. The Labute approximate surface area is 104 Å². The Balaban J connectivity index is 1.82. The van der Waals surface area contributed by atoms with Crippen molar-refractivity contribution >= 4 is 0 Å². The van der Waals surface area contributed by atoms with Crippen molar-refractivity contribution in [2.75, 3.05) is 13.2 Å². The first-order chi connectivity index (χ1) is 8.00. The summed E-state index contributed by atoms with van der Waals surface area (Å²) in [5.74, 6) is 1.82. The maximum absolute atomic E-state index is 9.64. The SMILES string of the molecule is CC1(C)C2CCC(C2)C12CC(CO)(CCO)C2. The summed E-state index contributed by atoms with van der Waals surface area (Å²) < 4.78 is 0. The largest absolute Gasteiger partial charge is 0.396 e. The zero-order chi connectivity index (χ0) is 12.3. The van der Waals surface area contributed by atoms with Gasteiger partial charge in [-0.05, 0) is 66.6 Å². The maximum atomic E-state index is 9.64. The molecule has 3 saturated carbocycles. The van der Waals surface area contributed by atoms with Gasteiger partial charge in [0, 0.05) is 13.2 Å². The van der Waals surface area contributed by atoms with Gasteiger partial charge in [-0.3, -0.25) is 0 Å². The molecule has 0 radical (unpaired) electrons. The van der Waals surface area contributed by atoms with Crippen molar-refractivity contribution in [1.82, 2.24) is 0 Å². The fourth-order valence-corrected chi connectivity index (χ4v) is 5.71. The van der Waals surface area contributed by atoms with Crippen LogP contribution in [-0.2, 0) is 0 Å². The number of fused-ring (bicyclic) bond motifs is 3. The molecule has 98 valence electrons. The van der Waals surface area contributed by atoms with Crippen molar-refractivity contribution in [2.24, 2.45) is 28.1 Å². The highest BCUT2D eigenvalue weighted by Gasteiger charge is 2.70. The van der Waals surface area contributed by atoms with E-state index >= 15 is 0 Å². The van der Waals surface area contributed by atoms with Gasteiger partial charge in [-0.2, -0.15) is 0 Å². The molecular formula is C15H26O2. The predicted octanol–water partition coefficient (Wildman–Crippen LogP) is 2.58. The second kappa shape index (κ2) is 3.48. The van der Waals surface area contributed by atoms with E-state index in [4.69, 9.17) is 0 Å². The van der Waals surface area contributed by atoms with Gasteiger partial charge < -0.3 is 10.2 Å². The monoisotopic (exact) mass is 238 g/mol. The molecule has 0 heterocycles. The van der Waals surface area contributed by atoms with Crippen LogP contribution in [0.4, 0.5) is 0 Å². The number of hydrogen-bond donors (Lipinski definition) is 2. The first-order valence-corrected chi connectivity index (χ1v) is 7.21. The van der Waals surface area contributed by atoms with Gasteiger partial charge in [0.05, 0.1) is 0 Å². The molecule has 2 unspecified atom stereocenters. The highest BCUT2D eigenvalue weighted by atomic mass is 16.3. The van der Waals surface area contributed by atoms with Crippen LogP contribution in [0, 0.1) is 28.1 Å². The third kappa shape index (κ3) is 1.29. The number of aliphatic hydroxyl groups excluding tert-OH is 2. The van der Waals surface area contributed by atoms with Gasteiger partial charge in [-0.25, -0.2) is 0 Å². The summed E-state index contributed by atoms with van der Waals surface area (Å²) in [5, 5.41) is 18.8. The van der Waals surface area contributed by atoms with E-state index in [1.807, 2.05) is 0 Å². The minimum absolute atomic E-state index is 0.0521. The van der Waals surface area contributed by atoms with Crippen molar-refractivity contribution in [1.29, 1.82) is 0 Å². The van der Waals surface area contributed by atoms with E-state index in [1.165, 1.54) is 19.3 Å². The summed E-state index contributed by atoms with van der Waals surface area (Å²) in [4.78, 5) is 0. The second-order valence-electron chi connectivity index (χ2n) is 7.57. The molecular weight excluding hydrogens is 212 g/mol. The zero-order valence-corrected chi connectivity index (χ0v) is 11.2. The highest BCUT2D eigenvalue weighted by molar-refractivity contribution is 5.19. The Morgan fingerprint density at radius 3 is 2.18 bits per heavy atom. The van der Waals surface area contributed by atoms with Gasteiger partial charge >= 0.3 is 0 Å². The van der Waals surface area contributed by atoms with Crippen LogP contribution in [0.15, 0.2) is 0 Å². The Kier molecular flexibility index (Phi) is 2.45. The van der Waals surface area contributed by atoms with Crippen molar-refractivity contribution in [3.05, 3.63) is 0 Å². The van der Waals surface area contributed by atoms with E-state index < -0.39 is 0 Å². The Hall–Kier alpha value is -0.0800. The van der Waals surface area contributed by atoms with Crippen molar-refractivity contribution in [3.63, 3.8) is 0 Å². The molecule has 17 heavy (non-hydrogen) atoms. The molecule has 2 nitrogen and oxygen atoms in total. The highest BCUT2D eigenvalue weighted by Crippen LogP contribution is 2.77. The normalized spacial score (nSPS) is 50.8. The minimum atomic E-state index is 0.0521. The van der Waals surface area contributed by atoms with Gasteiger partial charge in [0.15, 0.2) is 0 Å². The molecule has 1 spiro atoms. The van der Waals surface area contributed by atoms with E-state index in [-0.39, 0.29) is 18.6 Å². The van der Waals surface area contributed by atoms with E-state index in [0.29, 0.717) is 10.8 Å². The molecule has 0 saturated heterocycles. The molecule has 0 aromatic carbocycles. The summed E-state index contributed by atoms with van der Waals surface area (Å²) >= 11 is 0. The maximum Gasteiger partial charge on any atom is 0.0488 e. The summed E-state index contributed by atoms with van der Waals surface area (Å²) in [5.41, 5.74) is 1.01. The molecule has 0 aliphatic heterocycles. The summed E-state index contributed by atoms with van der Waals surface area (Å²) in [6.07, 6.45) is 7.36. The average Bonchev–Trinajstić information content (AvgIpc) is 2.77.